The predicted molar refractivity (Wildman–Crippen MR) is 94.8 cm³/mol. The number of methoxy groups -OCH3 is 2. The molecule has 2 aromatic heterocycles. The first-order valence-corrected chi connectivity index (χ1v) is 8.66. The molecule has 0 N–H and O–H groups in total. The van der Waals surface area contributed by atoms with Gasteiger partial charge in [-0.25, -0.2) is 0 Å². The van der Waals surface area contributed by atoms with Crippen molar-refractivity contribution in [1.29, 1.82) is 0 Å². The van der Waals surface area contributed by atoms with Gasteiger partial charge in [0.15, 0.2) is 22.9 Å². The van der Waals surface area contributed by atoms with Gasteiger partial charge in [-0.15, -0.1) is 11.3 Å². The Morgan fingerprint density at radius 2 is 2.17 bits per heavy atom. The highest BCUT2D eigenvalue weighted by Crippen LogP contribution is 2.39. The first-order chi connectivity index (χ1) is 11.7. The highest BCUT2D eigenvalue weighted by Gasteiger charge is 2.32. The third kappa shape index (κ3) is 2.34. The average Bonchev–Trinajstić information content (AvgIpc) is 3.20. The third-order valence-corrected chi connectivity index (χ3v) is 5.50. The van der Waals surface area contributed by atoms with E-state index in [0.717, 1.165) is 29.1 Å². The lowest BCUT2D eigenvalue weighted by Gasteiger charge is -2.21. The van der Waals surface area contributed by atoms with Crippen LogP contribution in [0.5, 0.6) is 11.5 Å². The zero-order chi connectivity index (χ0) is 16.7. The lowest BCUT2D eigenvalue weighted by molar-refractivity contribution is -0.404. The van der Waals surface area contributed by atoms with Gasteiger partial charge in [-0.1, -0.05) is 12.1 Å². The van der Waals surface area contributed by atoms with Gasteiger partial charge in [-0.3, -0.25) is 0 Å². The van der Waals surface area contributed by atoms with Gasteiger partial charge in [-0.2, -0.15) is 4.74 Å². The maximum Gasteiger partial charge on any atom is 0.208 e. The van der Waals surface area contributed by atoms with E-state index >= 15 is 0 Å². The van der Waals surface area contributed by atoms with E-state index < -0.39 is 0 Å². The van der Waals surface area contributed by atoms with Crippen molar-refractivity contribution in [1.82, 2.24) is 4.57 Å². The molecule has 0 bridgehead atoms. The second-order valence-electron chi connectivity index (χ2n) is 5.89. The second-order valence-corrected chi connectivity index (χ2v) is 6.83. The Bertz CT molecular complexity index is 859. The van der Waals surface area contributed by atoms with E-state index in [1.54, 1.807) is 31.8 Å². The zero-order valence-corrected chi connectivity index (χ0v) is 14.4. The number of nitrogens with zero attached hydrogens (tertiary/aromatic N) is 2. The molecule has 0 saturated carbocycles. The van der Waals surface area contributed by atoms with E-state index in [2.05, 4.69) is 23.6 Å². The number of hydroxylamine groups is 1. The summed E-state index contributed by atoms with van der Waals surface area (Å²) in [4.78, 5) is 1.26. The van der Waals surface area contributed by atoms with Crippen molar-refractivity contribution in [3.05, 3.63) is 57.3 Å². The Balaban J connectivity index is 1.76. The van der Waals surface area contributed by atoms with Crippen LogP contribution in [-0.4, -0.2) is 29.7 Å². The molecule has 6 heteroatoms. The van der Waals surface area contributed by atoms with Crippen LogP contribution in [0.15, 0.2) is 41.6 Å². The fourth-order valence-corrected chi connectivity index (χ4v) is 4.16. The van der Waals surface area contributed by atoms with Crippen LogP contribution in [0.4, 0.5) is 0 Å². The fraction of sp³-hybridized carbons (Fsp3) is 0.278. The Hall–Kier alpha value is -2.47. The van der Waals surface area contributed by atoms with Crippen molar-refractivity contribution in [3.8, 4) is 11.5 Å². The van der Waals surface area contributed by atoms with Gasteiger partial charge in [-0.05, 0) is 23.4 Å². The van der Waals surface area contributed by atoms with Crippen molar-refractivity contribution in [2.75, 3.05) is 14.2 Å². The zero-order valence-electron chi connectivity index (χ0n) is 13.6. The Labute approximate surface area is 144 Å². The number of thiophene rings is 1. The Morgan fingerprint density at radius 1 is 1.29 bits per heavy atom. The van der Waals surface area contributed by atoms with Crippen molar-refractivity contribution in [2.45, 2.75) is 13.0 Å². The van der Waals surface area contributed by atoms with Crippen molar-refractivity contribution in [2.24, 2.45) is 5.92 Å². The summed E-state index contributed by atoms with van der Waals surface area (Å²) in [6.45, 7) is 0.721. The van der Waals surface area contributed by atoms with Crippen LogP contribution in [-0.2, 0) is 6.54 Å². The van der Waals surface area contributed by atoms with Crippen LogP contribution < -0.4 is 9.47 Å². The summed E-state index contributed by atoms with van der Waals surface area (Å²) in [6, 6.07) is 4.18. The van der Waals surface area contributed by atoms with Gasteiger partial charge < -0.3 is 19.2 Å². The van der Waals surface area contributed by atoms with E-state index in [1.165, 1.54) is 10.5 Å². The first kappa shape index (κ1) is 15.1. The molecule has 5 nitrogen and oxygen atoms in total. The molecule has 24 heavy (non-hydrogen) atoms. The molecule has 1 aliphatic carbocycles. The van der Waals surface area contributed by atoms with Crippen LogP contribution in [0.3, 0.4) is 0 Å². The topological polar surface area (TPSA) is 49.5 Å². The number of hydrogen-bond donors (Lipinski definition) is 0. The molecule has 0 radical (unpaired) electrons. The lowest BCUT2D eigenvalue weighted by atomic mass is 9.90. The minimum absolute atomic E-state index is 0.129. The second kappa shape index (κ2) is 5.87. The molecule has 4 rings (SSSR count). The summed E-state index contributed by atoms with van der Waals surface area (Å²) in [5, 5.41) is 14.7. The van der Waals surface area contributed by atoms with Crippen LogP contribution in [0.2, 0.25) is 0 Å². The van der Waals surface area contributed by atoms with Crippen LogP contribution in [0.1, 0.15) is 17.0 Å². The molecule has 1 atom stereocenters. The minimum Gasteiger partial charge on any atom is -0.618 e. The molecule has 1 aliphatic heterocycles. The molecule has 0 amide bonds. The molecule has 3 heterocycles. The number of fused-ring (bicyclic) bond motifs is 2. The number of rotatable bonds is 3. The van der Waals surface area contributed by atoms with E-state index in [-0.39, 0.29) is 5.92 Å². The fourth-order valence-electron chi connectivity index (χ4n) is 3.40. The van der Waals surface area contributed by atoms with Gasteiger partial charge in [0.2, 0.25) is 6.21 Å². The van der Waals surface area contributed by atoms with Gasteiger partial charge in [0.1, 0.15) is 0 Å². The van der Waals surface area contributed by atoms with Gasteiger partial charge in [0, 0.05) is 17.5 Å². The molecule has 0 aromatic carbocycles. The monoisotopic (exact) mass is 342 g/mol. The molecule has 2 aliphatic rings. The number of allylic oxidation sites excluding steroid dienone is 4. The van der Waals surface area contributed by atoms with E-state index in [9.17, 15) is 5.21 Å². The van der Waals surface area contributed by atoms with Crippen molar-refractivity contribution >= 4 is 23.1 Å². The summed E-state index contributed by atoms with van der Waals surface area (Å²) in [7, 11) is 3.20. The number of ether oxygens (including phenoxy) is 2. The van der Waals surface area contributed by atoms with E-state index in [1.807, 2.05) is 16.8 Å². The Kier molecular flexibility index (Phi) is 3.69. The maximum absolute atomic E-state index is 12.6. The van der Waals surface area contributed by atoms with Gasteiger partial charge >= 0.3 is 0 Å². The molecular weight excluding hydrogens is 324 g/mol. The van der Waals surface area contributed by atoms with Crippen LogP contribution in [0, 0.1) is 11.1 Å². The summed E-state index contributed by atoms with van der Waals surface area (Å²) < 4.78 is 13.8. The predicted octanol–water partition coefficient (Wildman–Crippen LogP) is 3.50. The molecule has 0 saturated heterocycles. The molecule has 124 valence electrons. The van der Waals surface area contributed by atoms with Crippen LogP contribution in [0.25, 0.3) is 5.57 Å². The maximum atomic E-state index is 12.6. The first-order valence-electron chi connectivity index (χ1n) is 7.78. The van der Waals surface area contributed by atoms with Gasteiger partial charge in [0.05, 0.1) is 26.3 Å². The Morgan fingerprint density at radius 3 is 2.88 bits per heavy atom. The lowest BCUT2D eigenvalue weighted by Crippen LogP contribution is -2.18. The SMILES string of the molecule is COc1cn2c(c1OC)C=[N+]([O-])C1=CC=C(c3cccs3)C[C@H]1C2. The highest BCUT2D eigenvalue weighted by molar-refractivity contribution is 7.11. The number of hydrogen-bond acceptors (Lipinski definition) is 4. The molecule has 0 fully saturated rings. The third-order valence-electron chi connectivity index (χ3n) is 4.55. The number of aromatic nitrogens is 1. The largest absolute Gasteiger partial charge is 0.618 e. The average molecular weight is 342 g/mol. The quantitative estimate of drug-likeness (QED) is 0.634. The van der Waals surface area contributed by atoms with Crippen LogP contribution >= 0.6 is 11.3 Å². The normalized spacial score (nSPS) is 19.4. The molecule has 0 unspecified atom stereocenters. The molecular formula is C18H18N2O3S. The summed E-state index contributed by atoms with van der Waals surface area (Å²) in [5.41, 5.74) is 2.82. The van der Waals surface area contributed by atoms with Crippen molar-refractivity contribution in [3.63, 3.8) is 0 Å². The standard InChI is InChI=1S/C18H18N2O3S/c1-22-16-11-19-9-13-8-12(17-4-3-7-24-17)5-6-14(13)20(21)10-15(19)18(16)23-2/h3-7,10-11,13H,8-9H2,1-2H3/t13-/m0/s1. The minimum atomic E-state index is 0.129. The molecule has 2 aromatic rings. The van der Waals surface area contributed by atoms with Crippen molar-refractivity contribution < 1.29 is 14.2 Å². The van der Waals surface area contributed by atoms with Gasteiger partial charge in [0.25, 0.3) is 0 Å². The van der Waals surface area contributed by atoms with E-state index in [0.29, 0.717) is 11.5 Å². The molecule has 0 spiro atoms. The summed E-state index contributed by atoms with van der Waals surface area (Å²) in [5.74, 6) is 1.38. The summed E-state index contributed by atoms with van der Waals surface area (Å²) in [6.07, 6.45) is 8.35. The highest BCUT2D eigenvalue weighted by atomic mass is 32.1. The van der Waals surface area contributed by atoms with E-state index in [4.69, 9.17) is 9.47 Å². The summed E-state index contributed by atoms with van der Waals surface area (Å²) >= 11 is 1.73. The smallest absolute Gasteiger partial charge is 0.208 e.